The van der Waals surface area contributed by atoms with E-state index in [4.69, 9.17) is 4.74 Å². The summed E-state index contributed by atoms with van der Waals surface area (Å²) in [5, 5.41) is 4.10. The number of carbonyl (C=O) groups excluding carboxylic acids is 2. The van der Waals surface area contributed by atoms with Crippen LogP contribution in [0.5, 0.6) is 0 Å². The number of anilines is 1. The first kappa shape index (κ1) is 18.3. The van der Waals surface area contributed by atoms with Crippen LogP contribution in [0.1, 0.15) is 33.6 Å². The van der Waals surface area contributed by atoms with Crippen molar-refractivity contribution < 1.29 is 14.3 Å². The molecule has 0 saturated carbocycles. The molecule has 1 fully saturated rings. The lowest BCUT2D eigenvalue weighted by molar-refractivity contribution is -0.121. The number of carbonyl (C=O) groups is 2. The third-order valence-electron chi connectivity index (χ3n) is 4.70. The van der Waals surface area contributed by atoms with Crippen LogP contribution in [0.15, 0.2) is 30.5 Å². The number of rotatable bonds is 2. The van der Waals surface area contributed by atoms with Gasteiger partial charge < -0.3 is 19.5 Å². The maximum Gasteiger partial charge on any atom is 0.410 e. The van der Waals surface area contributed by atoms with Gasteiger partial charge in [0.1, 0.15) is 5.60 Å². The number of piperidine rings is 1. The van der Waals surface area contributed by atoms with E-state index < -0.39 is 5.60 Å². The summed E-state index contributed by atoms with van der Waals surface area (Å²) in [6, 6.07) is 7.92. The molecule has 6 nitrogen and oxygen atoms in total. The summed E-state index contributed by atoms with van der Waals surface area (Å²) < 4.78 is 7.44. The molecule has 0 atom stereocenters. The first-order valence-corrected chi connectivity index (χ1v) is 9.07. The van der Waals surface area contributed by atoms with Crippen LogP contribution in [-0.2, 0) is 16.6 Å². The highest BCUT2D eigenvalue weighted by molar-refractivity contribution is 6.02. The summed E-state index contributed by atoms with van der Waals surface area (Å²) in [5.41, 5.74) is 1.42. The van der Waals surface area contributed by atoms with Gasteiger partial charge in [0.05, 0.1) is 5.69 Å². The van der Waals surface area contributed by atoms with E-state index in [9.17, 15) is 9.59 Å². The number of aromatic nitrogens is 1. The quantitative estimate of drug-likeness (QED) is 0.890. The highest BCUT2D eigenvalue weighted by Gasteiger charge is 2.30. The van der Waals surface area contributed by atoms with E-state index in [0.29, 0.717) is 25.9 Å². The van der Waals surface area contributed by atoms with Crippen molar-refractivity contribution in [2.45, 2.75) is 39.2 Å². The molecule has 0 aliphatic carbocycles. The molecule has 0 bridgehead atoms. The molecule has 140 valence electrons. The predicted molar refractivity (Wildman–Crippen MR) is 102 cm³/mol. The number of fused-ring (bicyclic) bond motifs is 1. The fourth-order valence-electron chi connectivity index (χ4n) is 3.30. The molecule has 1 aliphatic heterocycles. The molecule has 0 spiro atoms. The van der Waals surface area contributed by atoms with Gasteiger partial charge in [0.25, 0.3) is 0 Å². The van der Waals surface area contributed by atoms with E-state index in [0.717, 1.165) is 16.6 Å². The Bertz CT molecular complexity index is 811. The number of hydrogen-bond acceptors (Lipinski definition) is 3. The highest BCUT2D eigenvalue weighted by Crippen LogP contribution is 2.26. The SMILES string of the molecule is Cn1ccc2c(NC(=O)C3CCN(C(=O)OC(C)(C)C)CC3)cccc21. The van der Waals surface area contributed by atoms with E-state index in [1.165, 1.54) is 0 Å². The van der Waals surface area contributed by atoms with Gasteiger partial charge in [0.15, 0.2) is 0 Å². The normalized spacial score (nSPS) is 15.9. The number of nitrogens with one attached hydrogen (secondary N) is 1. The molecule has 1 aromatic carbocycles. The second-order valence-electron chi connectivity index (χ2n) is 7.90. The van der Waals surface area contributed by atoms with Crippen LogP contribution in [0.25, 0.3) is 10.9 Å². The zero-order valence-corrected chi connectivity index (χ0v) is 15.9. The fourth-order valence-corrected chi connectivity index (χ4v) is 3.30. The van der Waals surface area contributed by atoms with E-state index >= 15 is 0 Å². The van der Waals surface area contributed by atoms with Gasteiger partial charge in [-0.15, -0.1) is 0 Å². The molecule has 1 saturated heterocycles. The Balaban J connectivity index is 1.59. The van der Waals surface area contributed by atoms with Crippen LogP contribution < -0.4 is 5.32 Å². The second kappa shape index (κ2) is 7.02. The van der Waals surface area contributed by atoms with Crippen molar-refractivity contribution in [2.24, 2.45) is 13.0 Å². The van der Waals surface area contributed by atoms with Crippen LogP contribution in [0.4, 0.5) is 10.5 Å². The van der Waals surface area contributed by atoms with Crippen molar-refractivity contribution in [1.82, 2.24) is 9.47 Å². The van der Waals surface area contributed by atoms with Gasteiger partial charge in [-0.3, -0.25) is 4.79 Å². The molecule has 6 heteroatoms. The highest BCUT2D eigenvalue weighted by atomic mass is 16.6. The summed E-state index contributed by atoms with van der Waals surface area (Å²) in [7, 11) is 1.99. The van der Waals surface area contributed by atoms with Crippen LogP contribution in [0.3, 0.4) is 0 Å². The molecule has 1 aliphatic rings. The van der Waals surface area contributed by atoms with Crippen molar-refractivity contribution in [3.63, 3.8) is 0 Å². The van der Waals surface area contributed by atoms with E-state index in [1.54, 1.807) is 4.90 Å². The molecule has 2 heterocycles. The van der Waals surface area contributed by atoms with Gasteiger partial charge in [0, 0.05) is 43.2 Å². The number of aryl methyl sites for hydroxylation is 1. The Hall–Kier alpha value is -2.50. The molecular weight excluding hydrogens is 330 g/mol. The molecule has 26 heavy (non-hydrogen) atoms. The maximum absolute atomic E-state index is 12.7. The van der Waals surface area contributed by atoms with Gasteiger partial charge in [-0.1, -0.05) is 6.07 Å². The number of ether oxygens (including phenoxy) is 1. The Morgan fingerprint density at radius 3 is 2.50 bits per heavy atom. The van der Waals surface area contributed by atoms with Crippen LogP contribution >= 0.6 is 0 Å². The number of likely N-dealkylation sites (tertiary alicyclic amines) is 1. The van der Waals surface area contributed by atoms with Crippen LogP contribution in [0, 0.1) is 5.92 Å². The molecular formula is C20H27N3O3. The van der Waals surface area contributed by atoms with Crippen molar-refractivity contribution in [3.05, 3.63) is 30.5 Å². The third kappa shape index (κ3) is 4.00. The summed E-state index contributed by atoms with van der Waals surface area (Å²) in [6.07, 6.45) is 2.98. The predicted octanol–water partition coefficient (Wildman–Crippen LogP) is 3.76. The minimum absolute atomic E-state index is 0.0187. The van der Waals surface area contributed by atoms with Crippen molar-refractivity contribution in [2.75, 3.05) is 18.4 Å². The largest absolute Gasteiger partial charge is 0.444 e. The smallest absolute Gasteiger partial charge is 0.410 e. The molecule has 2 amide bonds. The Morgan fingerprint density at radius 2 is 1.85 bits per heavy atom. The molecule has 0 unspecified atom stereocenters. The number of hydrogen-bond donors (Lipinski definition) is 1. The lowest BCUT2D eigenvalue weighted by atomic mass is 9.96. The number of benzene rings is 1. The first-order chi connectivity index (χ1) is 12.2. The topological polar surface area (TPSA) is 63.6 Å². The Morgan fingerprint density at radius 1 is 1.15 bits per heavy atom. The van der Waals surface area contributed by atoms with Gasteiger partial charge in [-0.2, -0.15) is 0 Å². The van der Waals surface area contributed by atoms with Crippen molar-refractivity contribution >= 4 is 28.6 Å². The Labute approximate surface area is 154 Å². The third-order valence-corrected chi connectivity index (χ3v) is 4.70. The van der Waals surface area contributed by atoms with E-state index in [-0.39, 0.29) is 17.9 Å². The summed E-state index contributed by atoms with van der Waals surface area (Å²) in [5.74, 6) is -0.0714. The van der Waals surface area contributed by atoms with Crippen molar-refractivity contribution in [3.8, 4) is 0 Å². The van der Waals surface area contributed by atoms with Gasteiger partial charge in [-0.25, -0.2) is 4.79 Å². The molecule has 2 aromatic rings. The summed E-state index contributed by atoms with van der Waals surface area (Å²) in [6.45, 7) is 6.66. The van der Waals surface area contributed by atoms with Crippen LogP contribution in [0.2, 0.25) is 0 Å². The maximum atomic E-state index is 12.7. The Kier molecular flexibility index (Phi) is 4.94. The average molecular weight is 357 g/mol. The lowest BCUT2D eigenvalue weighted by Crippen LogP contribution is -2.43. The monoisotopic (exact) mass is 357 g/mol. The molecule has 1 aromatic heterocycles. The van der Waals surface area contributed by atoms with Gasteiger partial charge in [-0.05, 0) is 51.8 Å². The van der Waals surface area contributed by atoms with E-state index in [1.807, 2.05) is 62.8 Å². The second-order valence-corrected chi connectivity index (χ2v) is 7.90. The standard InChI is InChI=1S/C20H27N3O3/c1-20(2,3)26-19(25)23-12-8-14(9-13-23)18(24)21-16-6-5-7-17-15(16)10-11-22(17)4/h5-7,10-11,14H,8-9,12-13H2,1-4H3,(H,21,24). The molecule has 1 N–H and O–H groups in total. The zero-order valence-electron chi connectivity index (χ0n) is 15.9. The first-order valence-electron chi connectivity index (χ1n) is 9.07. The molecule has 0 radical (unpaired) electrons. The van der Waals surface area contributed by atoms with Crippen molar-refractivity contribution in [1.29, 1.82) is 0 Å². The fraction of sp³-hybridized carbons (Fsp3) is 0.500. The van der Waals surface area contributed by atoms with Gasteiger partial charge in [0.2, 0.25) is 5.91 Å². The van der Waals surface area contributed by atoms with Crippen LogP contribution in [-0.4, -0.2) is 40.2 Å². The minimum atomic E-state index is -0.500. The molecule has 3 rings (SSSR count). The zero-order chi connectivity index (χ0) is 18.9. The summed E-state index contributed by atoms with van der Waals surface area (Å²) in [4.78, 5) is 26.5. The minimum Gasteiger partial charge on any atom is -0.444 e. The van der Waals surface area contributed by atoms with E-state index in [2.05, 4.69) is 5.32 Å². The van der Waals surface area contributed by atoms with Gasteiger partial charge >= 0.3 is 6.09 Å². The number of amides is 2. The lowest BCUT2D eigenvalue weighted by Gasteiger charge is -2.33. The average Bonchev–Trinajstić information content (AvgIpc) is 2.96. The summed E-state index contributed by atoms with van der Waals surface area (Å²) >= 11 is 0. The number of nitrogens with zero attached hydrogens (tertiary/aromatic N) is 2.